The second-order valence-electron chi connectivity index (χ2n) is 3.66. The lowest BCUT2D eigenvalue weighted by molar-refractivity contribution is -0.107. The van der Waals surface area contributed by atoms with Crippen molar-refractivity contribution in [2.75, 3.05) is 5.75 Å². The number of hydrogen-bond donors (Lipinski definition) is 0. The third-order valence-electron chi connectivity index (χ3n) is 2.28. The number of aldehydes is 1. The number of rotatable bonds is 7. The molecular weight excluding hydrogens is 236 g/mol. The van der Waals surface area contributed by atoms with Crippen LogP contribution in [0.25, 0.3) is 0 Å². The van der Waals surface area contributed by atoms with E-state index in [0.29, 0.717) is 11.3 Å². The molecule has 1 aromatic rings. The summed E-state index contributed by atoms with van der Waals surface area (Å²) in [5.41, 5.74) is 0. The second-order valence-corrected chi connectivity index (χ2v) is 5.70. The van der Waals surface area contributed by atoms with Crippen LogP contribution >= 0.6 is 0 Å². The van der Waals surface area contributed by atoms with Crippen LogP contribution in [0.4, 0.5) is 0 Å². The minimum absolute atomic E-state index is 0.0120. The Bertz CT molecular complexity index is 461. The molecule has 0 atom stereocenters. The second kappa shape index (κ2) is 7.01. The van der Waals surface area contributed by atoms with Crippen LogP contribution in [-0.2, 0) is 14.6 Å². The molecule has 0 aliphatic carbocycles. The van der Waals surface area contributed by atoms with Crippen molar-refractivity contribution in [2.45, 2.75) is 24.2 Å². The van der Waals surface area contributed by atoms with Crippen molar-refractivity contribution in [3.05, 3.63) is 42.5 Å². The van der Waals surface area contributed by atoms with Gasteiger partial charge in [-0.25, -0.2) is 8.42 Å². The van der Waals surface area contributed by atoms with Crippen LogP contribution in [0.15, 0.2) is 47.4 Å². The highest BCUT2D eigenvalue weighted by Crippen LogP contribution is 2.10. The van der Waals surface area contributed by atoms with Crippen LogP contribution in [0.5, 0.6) is 0 Å². The summed E-state index contributed by atoms with van der Waals surface area (Å²) in [5, 5.41) is 0. The van der Waals surface area contributed by atoms with E-state index in [9.17, 15) is 13.2 Å². The molecule has 1 rings (SSSR count). The molecule has 3 nitrogen and oxygen atoms in total. The zero-order valence-corrected chi connectivity index (χ0v) is 10.4. The minimum Gasteiger partial charge on any atom is -0.303 e. The van der Waals surface area contributed by atoms with Gasteiger partial charge in [-0.05, 0) is 25.0 Å². The number of benzene rings is 1. The molecule has 92 valence electrons. The monoisotopic (exact) mass is 252 g/mol. The normalized spacial score (nSPS) is 11.8. The summed E-state index contributed by atoms with van der Waals surface area (Å²) in [7, 11) is -3.21. The SMILES string of the molecule is O=CCCC/C=C\CS(=O)(=O)c1ccccc1. The van der Waals surface area contributed by atoms with E-state index in [2.05, 4.69) is 0 Å². The maximum atomic E-state index is 11.8. The molecule has 0 aliphatic heterocycles. The maximum Gasteiger partial charge on any atom is 0.181 e. The first kappa shape index (κ1) is 13.6. The van der Waals surface area contributed by atoms with Crippen molar-refractivity contribution in [2.24, 2.45) is 0 Å². The van der Waals surface area contributed by atoms with Crippen LogP contribution < -0.4 is 0 Å². The molecule has 0 aromatic heterocycles. The van der Waals surface area contributed by atoms with Crippen LogP contribution in [0.3, 0.4) is 0 Å². The largest absolute Gasteiger partial charge is 0.303 e. The average molecular weight is 252 g/mol. The van der Waals surface area contributed by atoms with Gasteiger partial charge in [0.1, 0.15) is 6.29 Å². The van der Waals surface area contributed by atoms with Gasteiger partial charge in [0.25, 0.3) is 0 Å². The van der Waals surface area contributed by atoms with Crippen molar-refractivity contribution >= 4 is 16.1 Å². The standard InChI is InChI=1S/C13H16O3S/c14-11-7-2-1-3-8-12-17(15,16)13-9-5-4-6-10-13/h3-6,8-11H,1-2,7,12H2/b8-3-. The summed E-state index contributed by atoms with van der Waals surface area (Å²) in [4.78, 5) is 10.4. The molecule has 0 saturated heterocycles. The molecule has 0 fully saturated rings. The Morgan fingerprint density at radius 3 is 2.35 bits per heavy atom. The number of carbonyl (C=O) groups is 1. The molecule has 0 unspecified atom stereocenters. The third kappa shape index (κ3) is 4.95. The lowest BCUT2D eigenvalue weighted by Gasteiger charge is -2.00. The molecular formula is C13H16O3S. The van der Waals surface area contributed by atoms with E-state index in [0.717, 1.165) is 19.1 Å². The zero-order chi connectivity index (χ0) is 12.6. The maximum absolute atomic E-state index is 11.8. The molecule has 4 heteroatoms. The fourth-order valence-corrected chi connectivity index (χ4v) is 2.51. The first-order valence-corrected chi connectivity index (χ1v) is 7.18. The van der Waals surface area contributed by atoms with Crippen LogP contribution in [0, 0.1) is 0 Å². The van der Waals surface area contributed by atoms with Gasteiger partial charge in [0, 0.05) is 6.42 Å². The van der Waals surface area contributed by atoms with Gasteiger partial charge < -0.3 is 4.79 Å². The van der Waals surface area contributed by atoms with E-state index >= 15 is 0 Å². The lowest BCUT2D eigenvalue weighted by atomic mass is 10.2. The number of sulfone groups is 1. The molecule has 0 heterocycles. The van der Waals surface area contributed by atoms with Crippen molar-refractivity contribution < 1.29 is 13.2 Å². The predicted octanol–water partition coefficient (Wildman–Crippen LogP) is 2.39. The Morgan fingerprint density at radius 2 is 1.71 bits per heavy atom. The van der Waals surface area contributed by atoms with Gasteiger partial charge in [-0.3, -0.25) is 0 Å². The number of hydrogen-bond acceptors (Lipinski definition) is 3. The number of carbonyl (C=O) groups excluding carboxylic acids is 1. The van der Waals surface area contributed by atoms with Gasteiger partial charge in [-0.2, -0.15) is 0 Å². The average Bonchev–Trinajstić information content (AvgIpc) is 2.35. The van der Waals surface area contributed by atoms with E-state index in [1.165, 1.54) is 0 Å². The minimum atomic E-state index is -3.21. The molecule has 17 heavy (non-hydrogen) atoms. The van der Waals surface area contributed by atoms with Crippen LogP contribution in [-0.4, -0.2) is 20.5 Å². The van der Waals surface area contributed by atoms with E-state index in [-0.39, 0.29) is 5.75 Å². The fourth-order valence-electron chi connectivity index (χ4n) is 1.36. The van der Waals surface area contributed by atoms with Gasteiger partial charge in [-0.15, -0.1) is 0 Å². The highest BCUT2D eigenvalue weighted by atomic mass is 32.2. The van der Waals surface area contributed by atoms with E-state index < -0.39 is 9.84 Å². The molecule has 0 spiro atoms. The van der Waals surface area contributed by atoms with Gasteiger partial charge in [0.15, 0.2) is 9.84 Å². The Kier molecular flexibility index (Phi) is 5.63. The summed E-state index contributed by atoms with van der Waals surface area (Å²) in [6.45, 7) is 0. The van der Waals surface area contributed by atoms with Gasteiger partial charge >= 0.3 is 0 Å². The highest BCUT2D eigenvalue weighted by Gasteiger charge is 2.10. The lowest BCUT2D eigenvalue weighted by Crippen LogP contribution is -2.04. The Morgan fingerprint density at radius 1 is 1.00 bits per heavy atom. The van der Waals surface area contributed by atoms with E-state index in [1.807, 2.05) is 6.08 Å². The molecule has 0 aliphatic rings. The highest BCUT2D eigenvalue weighted by molar-refractivity contribution is 7.91. The molecule has 1 aromatic carbocycles. The van der Waals surface area contributed by atoms with Crippen molar-refractivity contribution in [3.63, 3.8) is 0 Å². The quantitative estimate of drug-likeness (QED) is 0.425. The van der Waals surface area contributed by atoms with Crippen molar-refractivity contribution in [1.29, 1.82) is 0 Å². The van der Waals surface area contributed by atoms with Crippen LogP contribution in [0.1, 0.15) is 19.3 Å². The molecule has 0 amide bonds. The molecule has 0 saturated carbocycles. The summed E-state index contributed by atoms with van der Waals surface area (Å²) >= 11 is 0. The Hall–Kier alpha value is -1.42. The Labute approximate surface area is 102 Å². The topological polar surface area (TPSA) is 51.2 Å². The first-order chi connectivity index (χ1) is 8.17. The third-order valence-corrected chi connectivity index (χ3v) is 3.90. The van der Waals surface area contributed by atoms with Crippen molar-refractivity contribution in [3.8, 4) is 0 Å². The summed E-state index contributed by atoms with van der Waals surface area (Å²) < 4.78 is 23.6. The number of unbranched alkanes of at least 4 members (excludes halogenated alkanes) is 2. The zero-order valence-electron chi connectivity index (χ0n) is 9.58. The van der Waals surface area contributed by atoms with Crippen molar-refractivity contribution in [1.82, 2.24) is 0 Å². The molecule has 0 radical (unpaired) electrons. The molecule has 0 bridgehead atoms. The predicted molar refractivity (Wildman–Crippen MR) is 67.5 cm³/mol. The van der Waals surface area contributed by atoms with Gasteiger partial charge in [0.2, 0.25) is 0 Å². The van der Waals surface area contributed by atoms with Gasteiger partial charge in [-0.1, -0.05) is 30.4 Å². The summed E-state index contributed by atoms with van der Waals surface area (Å²) in [6.07, 6.45) is 6.36. The number of allylic oxidation sites excluding steroid dienone is 1. The fraction of sp³-hybridized carbons (Fsp3) is 0.308. The molecule has 0 N–H and O–H groups in total. The van der Waals surface area contributed by atoms with Gasteiger partial charge in [0.05, 0.1) is 10.6 Å². The van der Waals surface area contributed by atoms with E-state index in [1.54, 1.807) is 36.4 Å². The Balaban J connectivity index is 2.48. The summed E-state index contributed by atoms with van der Waals surface area (Å²) in [6, 6.07) is 8.39. The summed E-state index contributed by atoms with van der Waals surface area (Å²) in [5.74, 6) is 0.0120. The smallest absolute Gasteiger partial charge is 0.181 e. The first-order valence-electron chi connectivity index (χ1n) is 5.53. The van der Waals surface area contributed by atoms with Crippen LogP contribution in [0.2, 0.25) is 0 Å². The van der Waals surface area contributed by atoms with E-state index in [4.69, 9.17) is 0 Å².